The summed E-state index contributed by atoms with van der Waals surface area (Å²) in [5.41, 5.74) is 2.60. The van der Waals surface area contributed by atoms with Crippen LogP contribution in [0, 0.1) is 46.1 Å². The summed E-state index contributed by atoms with van der Waals surface area (Å²) in [6.07, 6.45) is 7.97. The number of thioether (sulfide) groups is 1. The Kier molecular flexibility index (Phi) is 6.42. The van der Waals surface area contributed by atoms with Gasteiger partial charge in [-0.3, -0.25) is 10.1 Å². The number of nitro groups is 1. The summed E-state index contributed by atoms with van der Waals surface area (Å²) < 4.78 is 0. The van der Waals surface area contributed by atoms with E-state index < -0.39 is 4.92 Å². The van der Waals surface area contributed by atoms with Gasteiger partial charge in [0, 0.05) is 29.3 Å². The minimum Gasteiger partial charge on any atom is -0.324 e. The molecular formula is C23H27N5O2S. The smallest absolute Gasteiger partial charge is 0.271 e. The Morgan fingerprint density at radius 2 is 2.06 bits per heavy atom. The number of anilines is 2. The number of non-ortho nitro benzene ring substituents is 1. The lowest BCUT2D eigenvalue weighted by atomic mass is 9.71. The Labute approximate surface area is 186 Å². The fourth-order valence-corrected chi connectivity index (χ4v) is 6.85. The van der Waals surface area contributed by atoms with Gasteiger partial charge in [0.1, 0.15) is 0 Å². The monoisotopic (exact) mass is 437 g/mol. The summed E-state index contributed by atoms with van der Waals surface area (Å²) in [7, 11) is 0. The zero-order valence-electron chi connectivity index (χ0n) is 17.8. The predicted molar refractivity (Wildman–Crippen MR) is 122 cm³/mol. The molecule has 4 rings (SSSR count). The Balaban J connectivity index is 1.64. The maximum absolute atomic E-state index is 11.1. The van der Waals surface area contributed by atoms with Gasteiger partial charge >= 0.3 is 0 Å². The maximum atomic E-state index is 11.1. The highest BCUT2D eigenvalue weighted by molar-refractivity contribution is 8.00. The van der Waals surface area contributed by atoms with Crippen molar-refractivity contribution < 1.29 is 4.92 Å². The summed E-state index contributed by atoms with van der Waals surface area (Å²) in [6.45, 7) is 4.18. The van der Waals surface area contributed by atoms with Gasteiger partial charge in [-0.05, 0) is 30.4 Å². The van der Waals surface area contributed by atoms with Crippen LogP contribution in [0.2, 0.25) is 0 Å². The number of nitro benzene ring substituents is 1. The van der Waals surface area contributed by atoms with E-state index in [4.69, 9.17) is 4.98 Å². The molecule has 1 saturated carbocycles. The van der Waals surface area contributed by atoms with Crippen molar-refractivity contribution in [1.82, 2.24) is 9.97 Å². The van der Waals surface area contributed by atoms with Gasteiger partial charge in [-0.15, -0.1) is 11.8 Å². The van der Waals surface area contributed by atoms with E-state index in [1.807, 2.05) is 24.9 Å². The summed E-state index contributed by atoms with van der Waals surface area (Å²) >= 11 is 1.86. The van der Waals surface area contributed by atoms with E-state index in [9.17, 15) is 15.4 Å². The first-order valence-corrected chi connectivity index (χ1v) is 11.8. The molecule has 2 aliphatic rings. The van der Waals surface area contributed by atoms with E-state index in [-0.39, 0.29) is 22.1 Å². The van der Waals surface area contributed by atoms with Crippen LogP contribution < -0.4 is 5.32 Å². The minimum atomic E-state index is -0.417. The number of aromatic nitrogens is 2. The lowest BCUT2D eigenvalue weighted by molar-refractivity contribution is -0.384. The van der Waals surface area contributed by atoms with E-state index in [0.717, 1.165) is 11.3 Å². The van der Waals surface area contributed by atoms with Crippen molar-refractivity contribution in [2.75, 3.05) is 5.32 Å². The SMILES string of the molecule is Cc1cnc(Nc2cccc([N+](=O)[O-])c2)nc1C1SC(C)C(C#N)C1C1CCCCC1. The Bertz CT molecular complexity index is 1000. The highest BCUT2D eigenvalue weighted by atomic mass is 32.2. The average Bonchev–Trinajstić information content (AvgIpc) is 3.11. The molecule has 1 N–H and O–H groups in total. The van der Waals surface area contributed by atoms with Crippen molar-refractivity contribution in [2.24, 2.45) is 17.8 Å². The summed E-state index contributed by atoms with van der Waals surface area (Å²) in [4.78, 5) is 19.9. The first kappa shape index (κ1) is 21.6. The van der Waals surface area contributed by atoms with Crippen molar-refractivity contribution >= 4 is 29.1 Å². The lowest BCUT2D eigenvalue weighted by Gasteiger charge is -2.33. The Morgan fingerprint density at radius 1 is 1.29 bits per heavy atom. The van der Waals surface area contributed by atoms with Crippen LogP contribution in [0.15, 0.2) is 30.5 Å². The molecule has 1 aromatic carbocycles. The molecule has 7 nitrogen and oxygen atoms in total. The molecular weight excluding hydrogens is 410 g/mol. The fraction of sp³-hybridized carbons (Fsp3) is 0.522. The highest BCUT2D eigenvalue weighted by Gasteiger charge is 2.47. The van der Waals surface area contributed by atoms with Gasteiger partial charge in [0.05, 0.1) is 27.9 Å². The van der Waals surface area contributed by atoms with Crippen molar-refractivity contribution in [3.05, 3.63) is 51.8 Å². The van der Waals surface area contributed by atoms with Gasteiger partial charge in [-0.25, -0.2) is 9.97 Å². The summed E-state index contributed by atoms with van der Waals surface area (Å²) in [5, 5.41) is 24.6. The molecule has 2 heterocycles. The predicted octanol–water partition coefficient (Wildman–Crippen LogP) is 5.95. The number of rotatable bonds is 5. The molecule has 1 aromatic heterocycles. The molecule has 2 fully saturated rings. The highest BCUT2D eigenvalue weighted by Crippen LogP contribution is 2.57. The van der Waals surface area contributed by atoms with Gasteiger partial charge in [0.25, 0.3) is 5.69 Å². The second-order valence-electron chi connectivity index (χ2n) is 8.59. The van der Waals surface area contributed by atoms with Crippen LogP contribution in [0.4, 0.5) is 17.3 Å². The van der Waals surface area contributed by atoms with Gasteiger partial charge in [0.2, 0.25) is 5.95 Å². The molecule has 0 amide bonds. The number of benzene rings is 1. The molecule has 0 bridgehead atoms. The van der Waals surface area contributed by atoms with Crippen molar-refractivity contribution in [2.45, 2.75) is 56.5 Å². The second kappa shape index (κ2) is 9.23. The molecule has 162 valence electrons. The number of nitrogens with zero attached hydrogens (tertiary/aromatic N) is 4. The lowest BCUT2D eigenvalue weighted by Crippen LogP contribution is -2.27. The van der Waals surface area contributed by atoms with Gasteiger partial charge < -0.3 is 5.32 Å². The van der Waals surface area contributed by atoms with Crippen LogP contribution in [-0.4, -0.2) is 20.1 Å². The number of nitriles is 1. The van der Waals surface area contributed by atoms with Crippen molar-refractivity contribution in [3.8, 4) is 6.07 Å². The van der Waals surface area contributed by atoms with Crippen LogP contribution in [0.5, 0.6) is 0 Å². The number of aryl methyl sites for hydroxylation is 1. The topological polar surface area (TPSA) is 105 Å². The molecule has 1 saturated heterocycles. The van der Waals surface area contributed by atoms with E-state index in [1.165, 1.54) is 44.2 Å². The number of nitrogens with one attached hydrogen (secondary N) is 1. The van der Waals surface area contributed by atoms with E-state index in [0.29, 0.717) is 23.5 Å². The van der Waals surface area contributed by atoms with E-state index in [2.05, 4.69) is 23.3 Å². The van der Waals surface area contributed by atoms with Crippen molar-refractivity contribution in [3.63, 3.8) is 0 Å². The third-order valence-corrected chi connectivity index (χ3v) is 8.12. The van der Waals surface area contributed by atoms with Crippen LogP contribution in [0.25, 0.3) is 0 Å². The fourth-order valence-electron chi connectivity index (χ4n) is 5.03. The third-order valence-electron chi connectivity index (χ3n) is 6.57. The standard InChI is InChI=1S/C23H27N5O2S/c1-14-13-25-23(26-17-9-6-10-18(11-17)28(29)30)27-21(14)22-20(16-7-4-3-5-8-16)19(12-24)15(2)31-22/h6,9-11,13,15-16,19-20,22H,3-5,7-8H2,1-2H3,(H,25,26,27). The molecule has 4 unspecified atom stereocenters. The molecule has 1 aliphatic carbocycles. The molecule has 4 atom stereocenters. The minimum absolute atomic E-state index is 0.0201. The van der Waals surface area contributed by atoms with Gasteiger partial charge in [-0.1, -0.05) is 45.1 Å². The van der Waals surface area contributed by atoms with Gasteiger partial charge in [-0.2, -0.15) is 5.26 Å². The van der Waals surface area contributed by atoms with Crippen molar-refractivity contribution in [1.29, 1.82) is 5.26 Å². The van der Waals surface area contributed by atoms with Crippen LogP contribution in [0.3, 0.4) is 0 Å². The number of hydrogen-bond donors (Lipinski definition) is 1. The largest absolute Gasteiger partial charge is 0.324 e. The first-order valence-electron chi connectivity index (χ1n) is 10.9. The maximum Gasteiger partial charge on any atom is 0.271 e. The zero-order chi connectivity index (χ0) is 22.0. The Morgan fingerprint density at radius 3 is 2.77 bits per heavy atom. The first-order chi connectivity index (χ1) is 15.0. The number of hydrogen-bond acceptors (Lipinski definition) is 7. The van der Waals surface area contributed by atoms with Gasteiger partial charge in [0.15, 0.2) is 0 Å². The summed E-state index contributed by atoms with van der Waals surface area (Å²) in [6, 6.07) is 8.95. The molecule has 2 aromatic rings. The van der Waals surface area contributed by atoms with Crippen LogP contribution in [-0.2, 0) is 0 Å². The third kappa shape index (κ3) is 4.52. The van der Waals surface area contributed by atoms with E-state index in [1.54, 1.807) is 12.1 Å². The Hall–Kier alpha value is -2.66. The molecule has 0 radical (unpaired) electrons. The molecule has 8 heteroatoms. The quantitative estimate of drug-likeness (QED) is 0.455. The van der Waals surface area contributed by atoms with Crippen LogP contribution in [0.1, 0.15) is 55.5 Å². The second-order valence-corrected chi connectivity index (χ2v) is 10.1. The van der Waals surface area contributed by atoms with E-state index >= 15 is 0 Å². The molecule has 1 aliphatic heterocycles. The normalized spacial score (nSPS) is 26.4. The zero-order valence-corrected chi connectivity index (χ0v) is 18.6. The molecule has 0 spiro atoms. The average molecular weight is 438 g/mol. The van der Waals surface area contributed by atoms with Crippen LogP contribution >= 0.6 is 11.8 Å². The summed E-state index contributed by atoms with van der Waals surface area (Å²) in [5.74, 6) is 1.31. The molecule has 31 heavy (non-hydrogen) atoms.